The van der Waals surface area contributed by atoms with Crippen molar-refractivity contribution in [1.82, 2.24) is 4.90 Å². The Morgan fingerprint density at radius 2 is 2.10 bits per heavy atom. The highest BCUT2D eigenvalue weighted by Crippen LogP contribution is 2.33. The molecule has 2 aliphatic rings. The molecule has 1 aromatic rings. The van der Waals surface area contributed by atoms with Crippen molar-refractivity contribution < 1.29 is 19.4 Å². The summed E-state index contributed by atoms with van der Waals surface area (Å²) in [6.45, 7) is 1.11. The van der Waals surface area contributed by atoms with Crippen LogP contribution in [0.25, 0.3) is 0 Å². The molecule has 0 saturated carbocycles. The van der Waals surface area contributed by atoms with Crippen LogP contribution in [0.5, 0.6) is 0 Å². The first kappa shape index (κ1) is 13.9. The van der Waals surface area contributed by atoms with Crippen LogP contribution in [0.3, 0.4) is 0 Å². The number of carboxylic acid groups (broad SMARTS) is 1. The number of methoxy groups -OCH3 is 1. The van der Waals surface area contributed by atoms with Crippen molar-refractivity contribution in [2.45, 2.75) is 25.0 Å². The number of likely N-dealkylation sites (tertiary alicyclic amines) is 1. The predicted molar refractivity (Wildman–Crippen MR) is 76.4 cm³/mol. The number of carboxylic acids is 1. The number of amides is 2. The van der Waals surface area contributed by atoms with Gasteiger partial charge in [-0.05, 0) is 18.1 Å². The first-order valence-electron chi connectivity index (χ1n) is 7.03. The van der Waals surface area contributed by atoms with Gasteiger partial charge >= 0.3 is 12.0 Å². The SMILES string of the molecule is COC1CCN(C(=O)N2c3ccccc3C[C@H]2C(=O)O)C1. The molecule has 0 aliphatic carbocycles. The van der Waals surface area contributed by atoms with E-state index in [2.05, 4.69) is 0 Å². The zero-order valence-corrected chi connectivity index (χ0v) is 11.9. The van der Waals surface area contributed by atoms with Crippen LogP contribution in [0.1, 0.15) is 12.0 Å². The van der Waals surface area contributed by atoms with Crippen LogP contribution >= 0.6 is 0 Å². The number of benzene rings is 1. The zero-order chi connectivity index (χ0) is 15.0. The number of hydrogen-bond acceptors (Lipinski definition) is 3. The van der Waals surface area contributed by atoms with Crippen LogP contribution < -0.4 is 4.90 Å². The maximum Gasteiger partial charge on any atom is 0.327 e. The number of nitrogens with zero attached hydrogens (tertiary/aromatic N) is 2. The van der Waals surface area contributed by atoms with Crippen molar-refractivity contribution in [3.05, 3.63) is 29.8 Å². The minimum atomic E-state index is -0.970. The van der Waals surface area contributed by atoms with Gasteiger partial charge in [-0.15, -0.1) is 0 Å². The Bertz CT molecular complexity index is 575. The molecule has 2 aliphatic heterocycles. The van der Waals surface area contributed by atoms with Crippen molar-refractivity contribution in [1.29, 1.82) is 0 Å². The van der Waals surface area contributed by atoms with Crippen LogP contribution in [0, 0.1) is 0 Å². The second-order valence-electron chi connectivity index (χ2n) is 5.43. The number of carbonyl (C=O) groups excluding carboxylic acids is 1. The van der Waals surface area contributed by atoms with Gasteiger partial charge in [0, 0.05) is 32.3 Å². The number of ether oxygens (including phenoxy) is 1. The number of carbonyl (C=O) groups is 2. The Labute approximate surface area is 122 Å². The van der Waals surface area contributed by atoms with Gasteiger partial charge in [0.25, 0.3) is 0 Å². The first-order chi connectivity index (χ1) is 10.1. The fourth-order valence-corrected chi connectivity index (χ4v) is 3.07. The average Bonchev–Trinajstić information content (AvgIpc) is 3.11. The molecule has 6 nitrogen and oxygen atoms in total. The second kappa shape index (κ2) is 5.37. The smallest absolute Gasteiger partial charge is 0.327 e. The maximum atomic E-state index is 12.7. The minimum Gasteiger partial charge on any atom is -0.480 e. The van der Waals surface area contributed by atoms with Crippen molar-refractivity contribution in [3.63, 3.8) is 0 Å². The molecule has 112 valence electrons. The van der Waals surface area contributed by atoms with Gasteiger partial charge in [-0.2, -0.15) is 0 Å². The molecule has 0 spiro atoms. The topological polar surface area (TPSA) is 70.1 Å². The van der Waals surface area contributed by atoms with Crippen LogP contribution in [0.2, 0.25) is 0 Å². The summed E-state index contributed by atoms with van der Waals surface area (Å²) in [6, 6.07) is 6.30. The fraction of sp³-hybridized carbons (Fsp3) is 0.467. The highest BCUT2D eigenvalue weighted by Gasteiger charge is 2.41. The number of aliphatic carboxylic acids is 1. The normalized spacial score (nSPS) is 24.2. The van der Waals surface area contributed by atoms with Crippen LogP contribution in [0.15, 0.2) is 24.3 Å². The van der Waals surface area contributed by atoms with Gasteiger partial charge in [-0.1, -0.05) is 18.2 Å². The third-order valence-electron chi connectivity index (χ3n) is 4.22. The molecule has 1 fully saturated rings. The van der Waals surface area contributed by atoms with Gasteiger partial charge in [0.2, 0.25) is 0 Å². The molecule has 2 heterocycles. The van der Waals surface area contributed by atoms with Gasteiger partial charge in [-0.3, -0.25) is 4.90 Å². The quantitative estimate of drug-likeness (QED) is 0.892. The summed E-state index contributed by atoms with van der Waals surface area (Å²) in [6.07, 6.45) is 1.18. The molecule has 2 amide bonds. The summed E-state index contributed by atoms with van der Waals surface area (Å²) in [5.74, 6) is -0.970. The monoisotopic (exact) mass is 290 g/mol. The molecule has 0 radical (unpaired) electrons. The van der Waals surface area contributed by atoms with E-state index in [0.29, 0.717) is 25.2 Å². The molecule has 0 bridgehead atoms. The van der Waals surface area contributed by atoms with Crippen molar-refractivity contribution in [2.24, 2.45) is 0 Å². The Morgan fingerprint density at radius 3 is 2.76 bits per heavy atom. The lowest BCUT2D eigenvalue weighted by Crippen LogP contribution is -2.49. The van der Waals surface area contributed by atoms with Crippen LogP contribution in [-0.4, -0.2) is 54.4 Å². The number of hydrogen-bond donors (Lipinski definition) is 1. The van der Waals surface area contributed by atoms with E-state index in [9.17, 15) is 14.7 Å². The predicted octanol–water partition coefficient (Wildman–Crippen LogP) is 1.34. The van der Waals surface area contributed by atoms with Gasteiger partial charge in [-0.25, -0.2) is 9.59 Å². The summed E-state index contributed by atoms with van der Waals surface area (Å²) < 4.78 is 5.27. The number of rotatable bonds is 2. The van der Waals surface area contributed by atoms with E-state index in [-0.39, 0.29) is 12.1 Å². The molecule has 1 saturated heterocycles. The number of urea groups is 1. The van der Waals surface area contributed by atoms with Crippen molar-refractivity contribution >= 4 is 17.7 Å². The highest BCUT2D eigenvalue weighted by molar-refractivity contribution is 6.01. The fourth-order valence-electron chi connectivity index (χ4n) is 3.07. The number of para-hydroxylation sites is 1. The Hall–Kier alpha value is -2.08. The molecule has 2 atom stereocenters. The lowest BCUT2D eigenvalue weighted by Gasteiger charge is -2.28. The first-order valence-corrected chi connectivity index (χ1v) is 7.03. The van der Waals surface area contributed by atoms with E-state index in [1.807, 2.05) is 18.2 Å². The van der Waals surface area contributed by atoms with E-state index in [1.165, 1.54) is 4.90 Å². The third kappa shape index (κ3) is 2.35. The Morgan fingerprint density at radius 1 is 1.33 bits per heavy atom. The summed E-state index contributed by atoms with van der Waals surface area (Å²) in [5, 5.41) is 9.41. The molecular formula is C15H18N2O4. The van der Waals surface area contributed by atoms with Gasteiger partial charge in [0.05, 0.1) is 6.10 Å². The molecule has 1 aromatic carbocycles. The molecule has 6 heteroatoms. The van der Waals surface area contributed by atoms with Gasteiger partial charge in [0.15, 0.2) is 0 Å². The zero-order valence-electron chi connectivity index (χ0n) is 11.9. The average molecular weight is 290 g/mol. The molecule has 0 aromatic heterocycles. The van der Waals surface area contributed by atoms with E-state index in [4.69, 9.17) is 4.74 Å². The van der Waals surface area contributed by atoms with Crippen molar-refractivity contribution in [3.8, 4) is 0 Å². The Kier molecular flexibility index (Phi) is 3.55. The van der Waals surface area contributed by atoms with Gasteiger partial charge < -0.3 is 14.7 Å². The van der Waals surface area contributed by atoms with Crippen molar-refractivity contribution in [2.75, 3.05) is 25.1 Å². The lowest BCUT2D eigenvalue weighted by atomic mass is 10.1. The third-order valence-corrected chi connectivity index (χ3v) is 4.22. The summed E-state index contributed by atoms with van der Waals surface area (Å²) in [5.41, 5.74) is 1.61. The molecule has 3 rings (SSSR count). The Balaban J connectivity index is 1.87. The summed E-state index contributed by atoms with van der Waals surface area (Å²) in [7, 11) is 1.63. The van der Waals surface area contributed by atoms with Gasteiger partial charge in [0.1, 0.15) is 6.04 Å². The van der Waals surface area contributed by atoms with E-state index in [0.717, 1.165) is 12.0 Å². The molecule has 1 unspecified atom stereocenters. The minimum absolute atomic E-state index is 0.0371. The maximum absolute atomic E-state index is 12.7. The standard InChI is InChI=1S/C15H18N2O4/c1-21-11-6-7-16(9-11)15(20)17-12-5-3-2-4-10(12)8-13(17)14(18)19/h2-5,11,13H,6-9H2,1H3,(H,18,19)/t11?,13-/m0/s1. The van der Waals surface area contributed by atoms with Crippen LogP contribution in [0.4, 0.5) is 10.5 Å². The number of anilines is 1. The summed E-state index contributed by atoms with van der Waals surface area (Å²) >= 11 is 0. The van der Waals surface area contributed by atoms with E-state index >= 15 is 0 Å². The second-order valence-corrected chi connectivity index (χ2v) is 5.43. The van der Waals surface area contributed by atoms with E-state index in [1.54, 1.807) is 18.1 Å². The highest BCUT2D eigenvalue weighted by atomic mass is 16.5. The molecular weight excluding hydrogens is 272 g/mol. The lowest BCUT2D eigenvalue weighted by molar-refractivity contribution is -0.138. The molecule has 21 heavy (non-hydrogen) atoms. The molecule has 1 N–H and O–H groups in total. The van der Waals surface area contributed by atoms with E-state index < -0.39 is 12.0 Å². The number of fused-ring (bicyclic) bond motifs is 1. The largest absolute Gasteiger partial charge is 0.480 e. The van der Waals surface area contributed by atoms with Crippen LogP contribution in [-0.2, 0) is 16.0 Å². The summed E-state index contributed by atoms with van der Waals surface area (Å²) in [4.78, 5) is 27.3.